The van der Waals surface area contributed by atoms with Crippen molar-refractivity contribution in [3.05, 3.63) is 5.82 Å². The number of hydrogen-bond acceptors (Lipinski definition) is 6. The number of aromatic nitrogens is 2. The Bertz CT molecular complexity index is 383. The van der Waals surface area contributed by atoms with E-state index in [0.717, 1.165) is 0 Å². The van der Waals surface area contributed by atoms with Crippen LogP contribution in [0.5, 0.6) is 5.88 Å². The van der Waals surface area contributed by atoms with Gasteiger partial charge in [0.2, 0.25) is 5.88 Å². The molecule has 0 aliphatic rings. The number of rotatable bonds is 7. The molecule has 0 atom stereocenters. The van der Waals surface area contributed by atoms with Crippen LogP contribution in [0.1, 0.15) is 32.5 Å². The van der Waals surface area contributed by atoms with Crippen LogP contribution in [0.25, 0.3) is 0 Å². The van der Waals surface area contributed by atoms with E-state index >= 15 is 0 Å². The van der Waals surface area contributed by atoms with Crippen molar-refractivity contribution in [1.29, 1.82) is 0 Å². The normalized spacial score (nSPS) is 10.7. The summed E-state index contributed by atoms with van der Waals surface area (Å²) in [5.41, 5.74) is 6.41. The van der Waals surface area contributed by atoms with Gasteiger partial charge in [0.25, 0.3) is 0 Å². The number of nitrogens with two attached hydrogens (primary N) is 1. The molecule has 0 saturated heterocycles. The van der Waals surface area contributed by atoms with Crippen LogP contribution in [0, 0.1) is 0 Å². The van der Waals surface area contributed by atoms with Gasteiger partial charge in [0, 0.05) is 19.6 Å². The van der Waals surface area contributed by atoms with Gasteiger partial charge in [0.05, 0.1) is 13.2 Å². The standard InChI is InChI=1S/C12H22N4O2/c1-5-18-12-9(13)11(14-6-7-17-4)15-10(16-12)8(2)3/h8H,5-7,13H2,1-4H3,(H,14,15,16). The maximum absolute atomic E-state index is 5.97. The van der Waals surface area contributed by atoms with E-state index in [-0.39, 0.29) is 5.92 Å². The van der Waals surface area contributed by atoms with Gasteiger partial charge in [0.1, 0.15) is 11.5 Å². The smallest absolute Gasteiger partial charge is 0.242 e. The number of methoxy groups -OCH3 is 1. The van der Waals surface area contributed by atoms with Crippen molar-refractivity contribution < 1.29 is 9.47 Å². The van der Waals surface area contributed by atoms with Gasteiger partial charge < -0.3 is 20.5 Å². The first-order valence-corrected chi connectivity index (χ1v) is 6.13. The van der Waals surface area contributed by atoms with Gasteiger partial charge in [-0.1, -0.05) is 13.8 Å². The summed E-state index contributed by atoms with van der Waals surface area (Å²) >= 11 is 0. The molecule has 0 aliphatic heterocycles. The first-order valence-electron chi connectivity index (χ1n) is 6.13. The molecule has 0 unspecified atom stereocenters. The summed E-state index contributed by atoms with van der Waals surface area (Å²) in [7, 11) is 1.65. The average Bonchev–Trinajstić information content (AvgIpc) is 2.33. The Morgan fingerprint density at radius 3 is 2.61 bits per heavy atom. The predicted octanol–water partition coefficient (Wildman–Crippen LogP) is 1.64. The van der Waals surface area contributed by atoms with Crippen LogP contribution in [-0.2, 0) is 4.74 Å². The van der Waals surface area contributed by atoms with Crippen LogP contribution in [0.4, 0.5) is 11.5 Å². The Hall–Kier alpha value is -1.56. The lowest BCUT2D eigenvalue weighted by atomic mass is 10.2. The van der Waals surface area contributed by atoms with Crippen LogP contribution in [0.15, 0.2) is 0 Å². The fourth-order valence-electron chi connectivity index (χ4n) is 1.38. The number of nitrogens with one attached hydrogen (secondary N) is 1. The summed E-state index contributed by atoms with van der Waals surface area (Å²) in [5.74, 6) is 1.98. The zero-order valence-electron chi connectivity index (χ0n) is 11.5. The molecule has 0 saturated carbocycles. The highest BCUT2D eigenvalue weighted by atomic mass is 16.5. The zero-order chi connectivity index (χ0) is 13.5. The highest BCUT2D eigenvalue weighted by Crippen LogP contribution is 2.28. The van der Waals surface area contributed by atoms with Crippen LogP contribution >= 0.6 is 0 Å². The molecule has 0 fully saturated rings. The van der Waals surface area contributed by atoms with Crippen LogP contribution in [0.2, 0.25) is 0 Å². The average molecular weight is 254 g/mol. The van der Waals surface area contributed by atoms with Gasteiger partial charge in [-0.3, -0.25) is 0 Å². The summed E-state index contributed by atoms with van der Waals surface area (Å²) < 4.78 is 10.4. The van der Waals surface area contributed by atoms with Gasteiger partial charge in [-0.05, 0) is 6.92 Å². The largest absolute Gasteiger partial charge is 0.476 e. The lowest BCUT2D eigenvalue weighted by Crippen LogP contribution is -2.14. The highest BCUT2D eigenvalue weighted by Gasteiger charge is 2.14. The molecule has 0 aliphatic carbocycles. The lowest BCUT2D eigenvalue weighted by molar-refractivity contribution is 0.210. The number of hydrogen-bond donors (Lipinski definition) is 2. The third-order valence-corrected chi connectivity index (χ3v) is 2.32. The minimum Gasteiger partial charge on any atom is -0.476 e. The number of anilines is 2. The van der Waals surface area contributed by atoms with Crippen LogP contribution < -0.4 is 15.8 Å². The Morgan fingerprint density at radius 1 is 1.33 bits per heavy atom. The summed E-state index contributed by atoms with van der Waals surface area (Å²) in [6.45, 7) is 7.70. The van der Waals surface area contributed by atoms with E-state index in [2.05, 4.69) is 15.3 Å². The molecule has 1 rings (SSSR count). The predicted molar refractivity (Wildman–Crippen MR) is 72.1 cm³/mol. The topological polar surface area (TPSA) is 82.3 Å². The van der Waals surface area contributed by atoms with Crippen molar-refractivity contribution in [2.45, 2.75) is 26.7 Å². The molecule has 1 aromatic rings. The summed E-state index contributed by atoms with van der Waals surface area (Å²) in [6, 6.07) is 0. The van der Waals surface area contributed by atoms with Crippen molar-refractivity contribution in [2.24, 2.45) is 0 Å². The fourth-order valence-corrected chi connectivity index (χ4v) is 1.38. The number of nitrogen functional groups attached to an aromatic ring is 1. The molecule has 0 bridgehead atoms. The SMILES string of the molecule is CCOc1nc(C(C)C)nc(NCCOC)c1N. The van der Waals surface area contributed by atoms with Crippen LogP contribution in [-0.4, -0.2) is 36.8 Å². The molecule has 102 valence electrons. The Balaban J connectivity index is 2.98. The minimum atomic E-state index is 0.216. The van der Waals surface area contributed by atoms with Gasteiger partial charge in [-0.25, -0.2) is 4.98 Å². The summed E-state index contributed by atoms with van der Waals surface area (Å²) in [5, 5.41) is 3.13. The van der Waals surface area contributed by atoms with Gasteiger partial charge in [-0.2, -0.15) is 4.98 Å². The van der Waals surface area contributed by atoms with E-state index in [4.69, 9.17) is 15.2 Å². The molecule has 0 amide bonds. The molecule has 0 radical (unpaired) electrons. The first kappa shape index (κ1) is 14.5. The Labute approximate surface area is 108 Å². The molecule has 1 aromatic heterocycles. The first-order chi connectivity index (χ1) is 8.60. The minimum absolute atomic E-state index is 0.216. The molecular formula is C12H22N4O2. The Morgan fingerprint density at radius 2 is 2.06 bits per heavy atom. The van der Waals surface area contributed by atoms with Crippen molar-refractivity contribution in [2.75, 3.05) is 37.9 Å². The number of ether oxygens (including phenoxy) is 2. The fraction of sp³-hybridized carbons (Fsp3) is 0.667. The molecule has 6 nitrogen and oxygen atoms in total. The second kappa shape index (κ2) is 7.00. The molecule has 3 N–H and O–H groups in total. The molecule has 18 heavy (non-hydrogen) atoms. The van der Waals surface area contributed by atoms with Crippen LogP contribution in [0.3, 0.4) is 0 Å². The third-order valence-electron chi connectivity index (χ3n) is 2.32. The van der Waals surface area contributed by atoms with Gasteiger partial charge >= 0.3 is 0 Å². The Kier molecular flexibility index (Phi) is 5.64. The zero-order valence-corrected chi connectivity index (χ0v) is 11.5. The monoisotopic (exact) mass is 254 g/mol. The second-order valence-corrected chi connectivity index (χ2v) is 4.16. The third kappa shape index (κ3) is 3.73. The van der Waals surface area contributed by atoms with E-state index in [9.17, 15) is 0 Å². The van der Waals surface area contributed by atoms with Crippen molar-refractivity contribution in [3.8, 4) is 5.88 Å². The van der Waals surface area contributed by atoms with Crippen molar-refractivity contribution in [3.63, 3.8) is 0 Å². The van der Waals surface area contributed by atoms with E-state index in [1.807, 2.05) is 20.8 Å². The number of nitrogens with zero attached hydrogens (tertiary/aromatic N) is 2. The van der Waals surface area contributed by atoms with E-state index in [1.165, 1.54) is 0 Å². The van der Waals surface area contributed by atoms with Crippen molar-refractivity contribution >= 4 is 11.5 Å². The van der Waals surface area contributed by atoms with Crippen molar-refractivity contribution in [1.82, 2.24) is 9.97 Å². The maximum Gasteiger partial charge on any atom is 0.242 e. The summed E-state index contributed by atoms with van der Waals surface area (Å²) in [6.07, 6.45) is 0. The quantitative estimate of drug-likeness (QED) is 0.720. The maximum atomic E-state index is 5.97. The van der Waals surface area contributed by atoms with Gasteiger partial charge in [0.15, 0.2) is 5.82 Å². The molecular weight excluding hydrogens is 232 g/mol. The second-order valence-electron chi connectivity index (χ2n) is 4.16. The molecule has 1 heterocycles. The van der Waals surface area contributed by atoms with Gasteiger partial charge in [-0.15, -0.1) is 0 Å². The lowest BCUT2D eigenvalue weighted by Gasteiger charge is -2.14. The van der Waals surface area contributed by atoms with E-state index in [0.29, 0.717) is 43.0 Å². The van der Waals surface area contributed by atoms with E-state index in [1.54, 1.807) is 7.11 Å². The molecule has 0 spiro atoms. The summed E-state index contributed by atoms with van der Waals surface area (Å²) in [4.78, 5) is 8.72. The highest BCUT2D eigenvalue weighted by molar-refractivity contribution is 5.67. The van der Waals surface area contributed by atoms with E-state index < -0.39 is 0 Å². The molecule has 0 aromatic carbocycles. The molecule has 6 heteroatoms.